The molecular weight excluding hydrogens is 289 g/mol. The first-order valence-corrected chi connectivity index (χ1v) is 7.10. The lowest BCUT2D eigenvalue weighted by atomic mass is 10.1. The van der Waals surface area contributed by atoms with E-state index in [2.05, 4.69) is 0 Å². The zero-order chi connectivity index (χ0) is 15.9. The Balaban J connectivity index is 1.79. The number of fused-ring (bicyclic) bond motifs is 1. The van der Waals surface area contributed by atoms with Gasteiger partial charge in [-0.2, -0.15) is 0 Å². The molecular formula is C16H16FNO4. The lowest BCUT2D eigenvalue weighted by Gasteiger charge is -2.20. The first-order chi connectivity index (χ1) is 10.4. The van der Waals surface area contributed by atoms with Crippen LogP contribution in [-0.4, -0.2) is 40.6 Å². The molecule has 1 aromatic heterocycles. The Kier molecular flexibility index (Phi) is 3.39. The molecule has 2 aromatic rings. The van der Waals surface area contributed by atoms with Crippen molar-refractivity contribution in [1.82, 2.24) is 4.90 Å². The number of hydrogen-bond acceptors (Lipinski definition) is 3. The zero-order valence-corrected chi connectivity index (χ0v) is 12.1. The van der Waals surface area contributed by atoms with Crippen LogP contribution in [0.5, 0.6) is 0 Å². The number of carbonyl (C=O) groups excluding carboxylic acids is 1. The molecule has 1 saturated heterocycles. The quantitative estimate of drug-likeness (QED) is 0.946. The Morgan fingerprint density at radius 2 is 2.14 bits per heavy atom. The SMILES string of the molecule is CC(C(=O)N1CCC(F)(C(=O)O)C1)c1cc2ccccc2o1. The van der Waals surface area contributed by atoms with E-state index in [1.807, 2.05) is 24.3 Å². The molecule has 0 bridgehead atoms. The molecule has 5 nitrogen and oxygen atoms in total. The van der Waals surface area contributed by atoms with Crippen LogP contribution in [0.25, 0.3) is 11.0 Å². The van der Waals surface area contributed by atoms with E-state index in [1.54, 1.807) is 13.0 Å². The van der Waals surface area contributed by atoms with E-state index in [9.17, 15) is 14.0 Å². The van der Waals surface area contributed by atoms with Crippen molar-refractivity contribution in [2.24, 2.45) is 0 Å². The van der Waals surface area contributed by atoms with Crippen LogP contribution in [0.1, 0.15) is 25.0 Å². The molecule has 0 saturated carbocycles. The highest BCUT2D eigenvalue weighted by Crippen LogP contribution is 2.31. The molecule has 1 fully saturated rings. The number of nitrogens with zero attached hydrogens (tertiary/aromatic N) is 1. The van der Waals surface area contributed by atoms with E-state index in [0.29, 0.717) is 11.3 Å². The van der Waals surface area contributed by atoms with E-state index in [4.69, 9.17) is 9.52 Å². The lowest BCUT2D eigenvalue weighted by molar-refractivity contribution is -0.150. The number of benzene rings is 1. The molecule has 0 spiro atoms. The minimum absolute atomic E-state index is 0.103. The second-order valence-electron chi connectivity index (χ2n) is 5.69. The molecule has 3 rings (SSSR count). The first kappa shape index (κ1) is 14.6. The smallest absolute Gasteiger partial charge is 0.343 e. The van der Waals surface area contributed by atoms with Gasteiger partial charge in [-0.3, -0.25) is 4.79 Å². The van der Waals surface area contributed by atoms with Crippen molar-refractivity contribution in [3.8, 4) is 0 Å². The second-order valence-corrected chi connectivity index (χ2v) is 5.69. The predicted octanol–water partition coefficient (Wildman–Crippen LogP) is 2.56. The highest BCUT2D eigenvalue weighted by atomic mass is 19.1. The van der Waals surface area contributed by atoms with Gasteiger partial charge < -0.3 is 14.4 Å². The standard InChI is InChI=1S/C16H16FNO4/c1-10(13-8-11-4-2-3-5-12(11)22-13)14(19)18-7-6-16(17,9-18)15(20)21/h2-5,8,10H,6-7,9H2,1H3,(H,20,21). The molecule has 1 aliphatic rings. The summed E-state index contributed by atoms with van der Waals surface area (Å²) in [5.41, 5.74) is -1.66. The molecule has 1 N–H and O–H groups in total. The summed E-state index contributed by atoms with van der Waals surface area (Å²) < 4.78 is 19.7. The summed E-state index contributed by atoms with van der Waals surface area (Å²) in [5, 5.41) is 9.78. The van der Waals surface area contributed by atoms with E-state index in [1.165, 1.54) is 4.90 Å². The van der Waals surface area contributed by atoms with E-state index >= 15 is 0 Å². The zero-order valence-electron chi connectivity index (χ0n) is 12.1. The number of rotatable bonds is 3. The molecule has 1 amide bonds. The van der Waals surface area contributed by atoms with Crippen LogP contribution in [0.2, 0.25) is 0 Å². The van der Waals surface area contributed by atoms with Gasteiger partial charge in [-0.25, -0.2) is 9.18 Å². The average Bonchev–Trinajstić information content (AvgIpc) is 3.10. The van der Waals surface area contributed by atoms with Crippen molar-refractivity contribution in [1.29, 1.82) is 0 Å². The molecule has 2 atom stereocenters. The number of furan rings is 1. The molecule has 1 aromatic carbocycles. The number of aliphatic carboxylic acids is 1. The Morgan fingerprint density at radius 1 is 1.41 bits per heavy atom. The molecule has 6 heteroatoms. The Labute approximate surface area is 126 Å². The van der Waals surface area contributed by atoms with Crippen LogP contribution in [-0.2, 0) is 9.59 Å². The highest BCUT2D eigenvalue weighted by Gasteiger charge is 2.47. The third kappa shape index (κ3) is 2.34. The Morgan fingerprint density at radius 3 is 2.77 bits per heavy atom. The van der Waals surface area contributed by atoms with Crippen molar-refractivity contribution in [2.75, 3.05) is 13.1 Å². The molecule has 2 unspecified atom stereocenters. The van der Waals surface area contributed by atoms with Crippen molar-refractivity contribution >= 4 is 22.8 Å². The summed E-state index contributed by atoms with van der Waals surface area (Å²) in [5.74, 6) is -1.92. The highest BCUT2D eigenvalue weighted by molar-refractivity contribution is 5.87. The van der Waals surface area contributed by atoms with Crippen LogP contribution < -0.4 is 0 Å². The van der Waals surface area contributed by atoms with Crippen LogP contribution in [0.4, 0.5) is 4.39 Å². The van der Waals surface area contributed by atoms with Gasteiger partial charge >= 0.3 is 5.97 Å². The second kappa shape index (κ2) is 5.12. The number of carboxylic acid groups (broad SMARTS) is 1. The van der Waals surface area contributed by atoms with Gasteiger partial charge in [0.1, 0.15) is 11.3 Å². The maximum atomic E-state index is 14.1. The van der Waals surface area contributed by atoms with Gasteiger partial charge in [-0.15, -0.1) is 0 Å². The minimum atomic E-state index is -2.34. The molecule has 0 aliphatic carbocycles. The number of likely N-dealkylation sites (tertiary alicyclic amines) is 1. The molecule has 0 radical (unpaired) electrons. The molecule has 1 aliphatic heterocycles. The molecule has 22 heavy (non-hydrogen) atoms. The normalized spacial score (nSPS) is 22.9. The van der Waals surface area contributed by atoms with Crippen molar-refractivity contribution in [3.05, 3.63) is 36.1 Å². The van der Waals surface area contributed by atoms with Crippen LogP contribution in [0, 0.1) is 0 Å². The fraction of sp³-hybridized carbons (Fsp3) is 0.375. The van der Waals surface area contributed by atoms with Crippen LogP contribution in [0.3, 0.4) is 0 Å². The van der Waals surface area contributed by atoms with Crippen LogP contribution >= 0.6 is 0 Å². The Hall–Kier alpha value is -2.37. The van der Waals surface area contributed by atoms with Gasteiger partial charge in [0.15, 0.2) is 0 Å². The van der Waals surface area contributed by atoms with Crippen molar-refractivity contribution in [3.63, 3.8) is 0 Å². The number of carbonyl (C=O) groups is 2. The topological polar surface area (TPSA) is 70.8 Å². The van der Waals surface area contributed by atoms with Crippen molar-refractivity contribution < 1.29 is 23.5 Å². The monoisotopic (exact) mass is 305 g/mol. The maximum absolute atomic E-state index is 14.1. The number of hydrogen-bond donors (Lipinski definition) is 1. The van der Waals surface area contributed by atoms with Gasteiger partial charge in [-0.05, 0) is 19.1 Å². The average molecular weight is 305 g/mol. The predicted molar refractivity (Wildman–Crippen MR) is 77.3 cm³/mol. The van der Waals surface area contributed by atoms with Gasteiger partial charge in [0.05, 0.1) is 12.5 Å². The number of amides is 1. The largest absolute Gasteiger partial charge is 0.479 e. The van der Waals surface area contributed by atoms with E-state index in [-0.39, 0.29) is 18.9 Å². The third-order valence-electron chi connectivity index (χ3n) is 4.16. The fourth-order valence-electron chi connectivity index (χ4n) is 2.75. The fourth-order valence-corrected chi connectivity index (χ4v) is 2.75. The molecule has 2 heterocycles. The number of alkyl halides is 1. The summed E-state index contributed by atoms with van der Waals surface area (Å²) in [6.45, 7) is 1.37. The summed E-state index contributed by atoms with van der Waals surface area (Å²) in [7, 11) is 0. The molecule has 116 valence electrons. The van der Waals surface area contributed by atoms with Crippen molar-refractivity contribution in [2.45, 2.75) is 24.9 Å². The summed E-state index contributed by atoms with van der Waals surface area (Å²) in [6.07, 6.45) is -0.180. The van der Waals surface area contributed by atoms with Gasteiger partial charge in [0, 0.05) is 18.4 Å². The minimum Gasteiger partial charge on any atom is -0.479 e. The summed E-state index contributed by atoms with van der Waals surface area (Å²) >= 11 is 0. The number of para-hydroxylation sites is 1. The van der Waals surface area contributed by atoms with E-state index < -0.39 is 24.1 Å². The van der Waals surface area contributed by atoms with E-state index in [0.717, 1.165) is 5.39 Å². The summed E-state index contributed by atoms with van der Waals surface area (Å²) in [4.78, 5) is 24.6. The lowest BCUT2D eigenvalue weighted by Crippen LogP contribution is -2.40. The van der Waals surface area contributed by atoms with Gasteiger partial charge in [-0.1, -0.05) is 18.2 Å². The van der Waals surface area contributed by atoms with Gasteiger partial charge in [0.2, 0.25) is 11.6 Å². The number of halogens is 1. The summed E-state index contributed by atoms with van der Waals surface area (Å²) in [6, 6.07) is 9.19. The van der Waals surface area contributed by atoms with Crippen LogP contribution in [0.15, 0.2) is 34.7 Å². The first-order valence-electron chi connectivity index (χ1n) is 7.10. The van der Waals surface area contributed by atoms with Gasteiger partial charge in [0.25, 0.3) is 0 Å². The Bertz CT molecular complexity index is 708. The maximum Gasteiger partial charge on any atom is 0.343 e. The number of carboxylic acids is 1. The third-order valence-corrected chi connectivity index (χ3v) is 4.16.